The minimum Gasteiger partial charge on any atom is -0.496 e. The predicted octanol–water partition coefficient (Wildman–Crippen LogP) is 3.81. The van der Waals surface area contributed by atoms with Crippen LogP contribution in [0, 0.1) is 5.92 Å². The molecule has 1 aliphatic rings. The smallest absolute Gasteiger partial charge is 0.170 e. The average molecular weight is 404 g/mol. The number of aliphatic hydroxyl groups excluding tert-OH is 1. The van der Waals surface area contributed by atoms with Crippen molar-refractivity contribution in [3.05, 3.63) is 58.6 Å². The Kier molecular flexibility index (Phi) is 7.31. The van der Waals surface area contributed by atoms with Crippen LogP contribution in [0.25, 0.3) is 0 Å². The predicted molar refractivity (Wildman–Crippen MR) is 109 cm³/mol. The van der Waals surface area contributed by atoms with Gasteiger partial charge in [-0.25, -0.2) is 0 Å². The second-order valence-corrected chi connectivity index (χ2v) is 7.44. The van der Waals surface area contributed by atoms with Crippen molar-refractivity contribution in [2.75, 3.05) is 33.4 Å². The van der Waals surface area contributed by atoms with E-state index >= 15 is 0 Å². The second-order valence-electron chi connectivity index (χ2n) is 7.00. The minimum absolute atomic E-state index is 0.00684. The number of likely N-dealkylation sites (tertiary alicyclic amines) is 1. The molecule has 0 aromatic heterocycles. The summed E-state index contributed by atoms with van der Waals surface area (Å²) in [6.07, 6.45) is 1.84. The second kappa shape index (κ2) is 9.92. The molecule has 1 atom stereocenters. The van der Waals surface area contributed by atoms with E-state index < -0.39 is 0 Å². The van der Waals surface area contributed by atoms with E-state index in [0.717, 1.165) is 37.2 Å². The number of carbonyl (C=O) groups excluding carboxylic acids is 1. The van der Waals surface area contributed by atoms with Gasteiger partial charge in [0.2, 0.25) is 0 Å². The van der Waals surface area contributed by atoms with Crippen LogP contribution in [0.4, 0.5) is 0 Å². The number of piperidine rings is 1. The van der Waals surface area contributed by atoms with Gasteiger partial charge in [0.1, 0.15) is 18.1 Å². The van der Waals surface area contributed by atoms with E-state index in [1.807, 2.05) is 18.2 Å². The number of ether oxygens (including phenoxy) is 2. The summed E-state index contributed by atoms with van der Waals surface area (Å²) < 4.78 is 10.8. The standard InChI is InChI=1S/C22H26ClNO4/c1-27-21-8-7-18(23)13-20(21)22(26)17-5-3-9-24(15-17)14-16-4-2-6-19(12-16)28-11-10-25/h2,4,6-8,12-13,17,25H,3,5,9-11,14-15H2,1H3/t17-/m0/s1. The van der Waals surface area contributed by atoms with Gasteiger partial charge in [-0.2, -0.15) is 0 Å². The van der Waals surface area contributed by atoms with Crippen LogP contribution >= 0.6 is 11.6 Å². The fourth-order valence-electron chi connectivity index (χ4n) is 3.66. The molecular weight excluding hydrogens is 378 g/mol. The van der Waals surface area contributed by atoms with Crippen molar-refractivity contribution in [1.82, 2.24) is 4.90 Å². The topological polar surface area (TPSA) is 59.0 Å². The number of ketones is 1. The summed E-state index contributed by atoms with van der Waals surface area (Å²) >= 11 is 6.10. The van der Waals surface area contributed by atoms with Crippen LogP contribution in [-0.4, -0.2) is 49.2 Å². The average Bonchev–Trinajstić information content (AvgIpc) is 2.72. The first-order valence-electron chi connectivity index (χ1n) is 9.53. The fraction of sp³-hybridized carbons (Fsp3) is 0.409. The van der Waals surface area contributed by atoms with Gasteiger partial charge in [-0.15, -0.1) is 0 Å². The highest BCUT2D eigenvalue weighted by atomic mass is 35.5. The summed E-state index contributed by atoms with van der Waals surface area (Å²) in [5.74, 6) is 1.33. The van der Waals surface area contributed by atoms with Gasteiger partial charge >= 0.3 is 0 Å². The highest BCUT2D eigenvalue weighted by molar-refractivity contribution is 6.31. The van der Waals surface area contributed by atoms with Gasteiger partial charge in [-0.05, 0) is 55.3 Å². The minimum atomic E-state index is -0.0741. The maximum absolute atomic E-state index is 13.1. The van der Waals surface area contributed by atoms with Gasteiger partial charge in [0, 0.05) is 24.0 Å². The molecular formula is C22H26ClNO4. The molecule has 1 heterocycles. The molecule has 1 fully saturated rings. The zero-order valence-electron chi connectivity index (χ0n) is 16.1. The van der Waals surface area contributed by atoms with Crippen molar-refractivity contribution < 1.29 is 19.4 Å². The first-order chi connectivity index (χ1) is 13.6. The third-order valence-corrected chi connectivity index (χ3v) is 5.20. The van der Waals surface area contributed by atoms with Crippen LogP contribution in [0.15, 0.2) is 42.5 Å². The number of benzene rings is 2. The van der Waals surface area contributed by atoms with Crippen LogP contribution in [-0.2, 0) is 6.54 Å². The van der Waals surface area contributed by atoms with Crippen LogP contribution in [0.5, 0.6) is 11.5 Å². The summed E-state index contributed by atoms with van der Waals surface area (Å²) in [5.41, 5.74) is 1.69. The van der Waals surface area contributed by atoms with Gasteiger partial charge in [0.05, 0.1) is 19.3 Å². The zero-order chi connectivity index (χ0) is 19.9. The molecule has 3 rings (SSSR count). The Labute approximate surface area is 170 Å². The number of rotatable bonds is 8. The number of nitrogens with zero attached hydrogens (tertiary/aromatic N) is 1. The van der Waals surface area contributed by atoms with Crippen molar-refractivity contribution in [2.24, 2.45) is 5.92 Å². The lowest BCUT2D eigenvalue weighted by atomic mass is 9.89. The summed E-state index contributed by atoms with van der Waals surface area (Å²) in [4.78, 5) is 15.4. The van der Waals surface area contributed by atoms with Gasteiger partial charge in [-0.1, -0.05) is 23.7 Å². The molecule has 0 amide bonds. The van der Waals surface area contributed by atoms with Crippen LogP contribution in [0.2, 0.25) is 5.02 Å². The number of methoxy groups -OCH3 is 1. The van der Waals surface area contributed by atoms with E-state index in [9.17, 15) is 4.79 Å². The van der Waals surface area contributed by atoms with Gasteiger partial charge in [-0.3, -0.25) is 9.69 Å². The number of hydrogen-bond donors (Lipinski definition) is 1. The molecule has 0 aliphatic carbocycles. The Morgan fingerprint density at radius 2 is 2.14 bits per heavy atom. The first-order valence-corrected chi connectivity index (χ1v) is 9.91. The third-order valence-electron chi connectivity index (χ3n) is 4.97. The lowest BCUT2D eigenvalue weighted by molar-refractivity contribution is 0.0808. The Morgan fingerprint density at radius 1 is 1.29 bits per heavy atom. The SMILES string of the molecule is COc1ccc(Cl)cc1C(=O)[C@H]1CCCN(Cc2cccc(OCCO)c2)C1. The molecule has 6 heteroatoms. The third kappa shape index (κ3) is 5.25. The van der Waals surface area contributed by atoms with Crippen LogP contribution in [0.3, 0.4) is 0 Å². The number of hydrogen-bond acceptors (Lipinski definition) is 5. The van der Waals surface area contributed by atoms with E-state index in [2.05, 4.69) is 11.0 Å². The molecule has 1 saturated heterocycles. The number of aliphatic hydroxyl groups is 1. The van der Waals surface area contributed by atoms with E-state index in [1.165, 1.54) is 0 Å². The number of carbonyl (C=O) groups is 1. The normalized spacial score (nSPS) is 17.3. The maximum Gasteiger partial charge on any atom is 0.170 e. The molecule has 5 nitrogen and oxygen atoms in total. The van der Waals surface area contributed by atoms with Crippen LogP contribution < -0.4 is 9.47 Å². The summed E-state index contributed by atoms with van der Waals surface area (Å²) in [6, 6.07) is 13.0. The maximum atomic E-state index is 13.1. The zero-order valence-corrected chi connectivity index (χ0v) is 16.8. The molecule has 0 bridgehead atoms. The molecule has 150 valence electrons. The fourth-order valence-corrected chi connectivity index (χ4v) is 3.83. The molecule has 0 radical (unpaired) electrons. The summed E-state index contributed by atoms with van der Waals surface area (Å²) in [5, 5.41) is 9.44. The van der Waals surface area contributed by atoms with E-state index in [1.54, 1.807) is 25.3 Å². The van der Waals surface area contributed by atoms with Crippen molar-refractivity contribution in [1.29, 1.82) is 0 Å². The van der Waals surface area contributed by atoms with E-state index in [0.29, 0.717) is 22.9 Å². The van der Waals surface area contributed by atoms with Crippen molar-refractivity contribution in [2.45, 2.75) is 19.4 Å². The number of Topliss-reactive ketones (excluding diaryl/α,β-unsaturated/α-hetero) is 1. The number of halogens is 1. The summed E-state index contributed by atoms with van der Waals surface area (Å²) in [6.45, 7) is 2.69. The molecule has 1 N–H and O–H groups in total. The molecule has 0 spiro atoms. The molecule has 0 unspecified atom stereocenters. The van der Waals surface area contributed by atoms with Gasteiger partial charge < -0.3 is 14.6 Å². The Hall–Kier alpha value is -2.08. The largest absolute Gasteiger partial charge is 0.496 e. The van der Waals surface area contributed by atoms with Gasteiger partial charge in [0.25, 0.3) is 0 Å². The van der Waals surface area contributed by atoms with Crippen molar-refractivity contribution >= 4 is 17.4 Å². The molecule has 1 aliphatic heterocycles. The Bertz CT molecular complexity index is 811. The van der Waals surface area contributed by atoms with Crippen LogP contribution in [0.1, 0.15) is 28.8 Å². The van der Waals surface area contributed by atoms with E-state index in [-0.39, 0.29) is 24.9 Å². The van der Waals surface area contributed by atoms with Gasteiger partial charge in [0.15, 0.2) is 5.78 Å². The monoisotopic (exact) mass is 403 g/mol. The Morgan fingerprint density at radius 3 is 2.93 bits per heavy atom. The van der Waals surface area contributed by atoms with Crippen molar-refractivity contribution in [3.63, 3.8) is 0 Å². The highest BCUT2D eigenvalue weighted by Crippen LogP contribution is 2.29. The van der Waals surface area contributed by atoms with E-state index in [4.69, 9.17) is 26.2 Å². The molecule has 2 aromatic rings. The first kappa shape index (κ1) is 20.6. The quantitative estimate of drug-likeness (QED) is 0.679. The summed E-state index contributed by atoms with van der Waals surface area (Å²) in [7, 11) is 1.57. The molecule has 28 heavy (non-hydrogen) atoms. The lowest BCUT2D eigenvalue weighted by Crippen LogP contribution is -2.38. The molecule has 0 saturated carbocycles. The van der Waals surface area contributed by atoms with Crippen molar-refractivity contribution in [3.8, 4) is 11.5 Å². The molecule has 2 aromatic carbocycles. The highest BCUT2D eigenvalue weighted by Gasteiger charge is 2.28. The lowest BCUT2D eigenvalue weighted by Gasteiger charge is -2.32. The Balaban J connectivity index is 1.67.